The van der Waals surface area contributed by atoms with Crippen LogP contribution in [0.3, 0.4) is 0 Å². The summed E-state index contributed by atoms with van der Waals surface area (Å²) in [6.07, 6.45) is 2.20. The molecule has 0 aromatic heterocycles. The minimum absolute atomic E-state index is 0.125. The van der Waals surface area contributed by atoms with Crippen molar-refractivity contribution in [1.82, 2.24) is 14.1 Å². The first kappa shape index (κ1) is 37.8. The first-order chi connectivity index (χ1) is 22.9. The van der Waals surface area contributed by atoms with Gasteiger partial charge in [-0.1, -0.05) is 98.5 Å². The molecule has 8 nitrogen and oxygen atoms in total. The summed E-state index contributed by atoms with van der Waals surface area (Å²) < 4.78 is 41.2. The van der Waals surface area contributed by atoms with Crippen molar-refractivity contribution in [2.75, 3.05) is 53.0 Å². The van der Waals surface area contributed by atoms with Crippen LogP contribution >= 0.6 is 0 Å². The molecule has 0 aliphatic carbocycles. The van der Waals surface area contributed by atoms with E-state index in [0.29, 0.717) is 31.2 Å². The minimum atomic E-state index is -3.71. The fraction of sp³-hybridized carbons (Fsp3) is 0.500. The average molecular weight is 694 g/mol. The van der Waals surface area contributed by atoms with Gasteiger partial charge in [0.15, 0.2) is 0 Å². The molecular weight excluding hydrogens is 639 g/mol. The number of rotatable bonds is 17. The number of likely N-dealkylation sites (N-methyl/N-ethyl adjacent to an activating group) is 1. The first-order valence-corrected chi connectivity index (χ1v) is 22.4. The van der Waals surface area contributed by atoms with Crippen molar-refractivity contribution >= 4 is 24.2 Å². The van der Waals surface area contributed by atoms with E-state index in [1.807, 2.05) is 66.4 Å². The van der Waals surface area contributed by atoms with E-state index < -0.39 is 23.5 Å². The lowest BCUT2D eigenvalue weighted by atomic mass is 9.77. The number of nitrogens with zero attached hydrogens (tertiary/aromatic N) is 3. The highest BCUT2D eigenvalue weighted by atomic mass is 32.2. The molecule has 48 heavy (non-hydrogen) atoms. The number of carbonyl (C=O) groups excluding carboxylic acids is 1. The summed E-state index contributed by atoms with van der Waals surface area (Å²) in [6.45, 7) is 13.8. The molecule has 0 saturated carbocycles. The van der Waals surface area contributed by atoms with Crippen LogP contribution in [0, 0.1) is 0 Å². The predicted octanol–water partition coefficient (Wildman–Crippen LogP) is 7.11. The first-order valence-electron chi connectivity index (χ1n) is 17.3. The SMILES string of the molecule is CCN(C(=O)OCc1ccccc1)C1CCN(CCC(COCC[Si](C)(C)C)(CN(C)S(=O)(=O)c2ccccc2)c2ccccc2)CC1. The number of hydrogen-bond acceptors (Lipinski definition) is 6. The number of piperidine rings is 1. The lowest BCUT2D eigenvalue weighted by molar-refractivity contribution is 0.0533. The van der Waals surface area contributed by atoms with Gasteiger partial charge in [-0.05, 0) is 62.0 Å². The molecule has 1 heterocycles. The van der Waals surface area contributed by atoms with Gasteiger partial charge in [-0.3, -0.25) is 0 Å². The van der Waals surface area contributed by atoms with Gasteiger partial charge in [-0.25, -0.2) is 13.2 Å². The minimum Gasteiger partial charge on any atom is -0.445 e. The normalized spacial score (nSPS) is 16.0. The second kappa shape index (κ2) is 17.6. The molecule has 10 heteroatoms. The summed E-state index contributed by atoms with van der Waals surface area (Å²) in [6, 6.07) is 29.9. The molecule has 3 aromatic carbocycles. The van der Waals surface area contributed by atoms with Gasteiger partial charge in [0, 0.05) is 59.4 Å². The monoisotopic (exact) mass is 693 g/mol. The van der Waals surface area contributed by atoms with Crippen molar-refractivity contribution in [2.45, 2.75) is 74.8 Å². The summed E-state index contributed by atoms with van der Waals surface area (Å²) >= 11 is 0. The van der Waals surface area contributed by atoms with Gasteiger partial charge < -0.3 is 19.3 Å². The van der Waals surface area contributed by atoms with Crippen molar-refractivity contribution < 1.29 is 22.7 Å². The van der Waals surface area contributed by atoms with Gasteiger partial charge in [0.25, 0.3) is 0 Å². The molecule has 0 N–H and O–H groups in total. The highest BCUT2D eigenvalue weighted by Crippen LogP contribution is 2.33. The Balaban J connectivity index is 1.47. The van der Waals surface area contributed by atoms with E-state index in [1.54, 1.807) is 31.3 Å². The van der Waals surface area contributed by atoms with E-state index in [-0.39, 0.29) is 18.7 Å². The third kappa shape index (κ3) is 10.7. The maximum absolute atomic E-state index is 13.8. The second-order valence-electron chi connectivity index (χ2n) is 14.2. The molecule has 1 aliphatic heterocycles. The Morgan fingerprint density at radius 3 is 2.08 bits per heavy atom. The van der Waals surface area contributed by atoms with Crippen LogP contribution in [0.4, 0.5) is 4.79 Å². The van der Waals surface area contributed by atoms with Crippen LogP contribution in [0.5, 0.6) is 0 Å². The van der Waals surface area contributed by atoms with Crippen LogP contribution in [-0.2, 0) is 31.5 Å². The molecule has 1 amide bonds. The van der Waals surface area contributed by atoms with Crippen LogP contribution < -0.4 is 0 Å². The predicted molar refractivity (Wildman–Crippen MR) is 196 cm³/mol. The number of carbonyl (C=O) groups is 1. The topological polar surface area (TPSA) is 79.4 Å². The van der Waals surface area contributed by atoms with Crippen LogP contribution in [0.2, 0.25) is 25.7 Å². The lowest BCUT2D eigenvalue weighted by Gasteiger charge is -2.41. The molecule has 1 saturated heterocycles. The van der Waals surface area contributed by atoms with Crippen LogP contribution in [0.15, 0.2) is 95.9 Å². The zero-order valence-electron chi connectivity index (χ0n) is 29.5. The number of benzene rings is 3. The van der Waals surface area contributed by atoms with Gasteiger partial charge in [0.05, 0.1) is 11.5 Å². The van der Waals surface area contributed by atoms with E-state index in [4.69, 9.17) is 9.47 Å². The van der Waals surface area contributed by atoms with E-state index >= 15 is 0 Å². The van der Waals surface area contributed by atoms with Crippen molar-refractivity contribution in [2.24, 2.45) is 0 Å². The highest BCUT2D eigenvalue weighted by Gasteiger charge is 2.38. The molecule has 1 fully saturated rings. The fourth-order valence-electron chi connectivity index (χ4n) is 6.40. The smallest absolute Gasteiger partial charge is 0.410 e. The summed E-state index contributed by atoms with van der Waals surface area (Å²) in [7, 11) is -3.33. The molecule has 0 spiro atoms. The van der Waals surface area contributed by atoms with Crippen molar-refractivity contribution in [1.29, 1.82) is 0 Å². The second-order valence-corrected chi connectivity index (χ2v) is 21.9. The van der Waals surface area contributed by atoms with Crippen molar-refractivity contribution in [3.8, 4) is 0 Å². The van der Waals surface area contributed by atoms with Crippen LogP contribution in [0.25, 0.3) is 0 Å². The molecule has 1 unspecified atom stereocenters. The third-order valence-corrected chi connectivity index (χ3v) is 12.9. The van der Waals surface area contributed by atoms with Gasteiger partial charge in [0.1, 0.15) is 6.61 Å². The van der Waals surface area contributed by atoms with Crippen LogP contribution in [-0.4, -0.2) is 95.7 Å². The molecule has 0 radical (unpaired) electrons. The Hall–Kier alpha value is -3.02. The summed E-state index contributed by atoms with van der Waals surface area (Å²) in [5, 5.41) is 0. The van der Waals surface area contributed by atoms with Gasteiger partial charge in [-0.2, -0.15) is 4.31 Å². The van der Waals surface area contributed by atoms with Crippen molar-refractivity contribution in [3.63, 3.8) is 0 Å². The van der Waals surface area contributed by atoms with Crippen LogP contribution in [0.1, 0.15) is 37.3 Å². The Morgan fingerprint density at radius 2 is 1.50 bits per heavy atom. The van der Waals surface area contributed by atoms with Gasteiger partial charge in [0.2, 0.25) is 10.0 Å². The molecule has 0 bridgehead atoms. The molecular formula is C38H55N3O5SSi. The Morgan fingerprint density at radius 1 is 0.917 bits per heavy atom. The average Bonchev–Trinajstić information content (AvgIpc) is 3.09. The Kier molecular flexibility index (Phi) is 13.8. The maximum Gasteiger partial charge on any atom is 0.410 e. The number of sulfonamides is 1. The van der Waals surface area contributed by atoms with E-state index in [0.717, 1.165) is 56.1 Å². The Labute approximate surface area is 290 Å². The number of ether oxygens (including phenoxy) is 2. The maximum atomic E-state index is 13.8. The standard InChI is InChI=1S/C38H55N3O5SSi/c1-6-41(37(42)46-30-33-16-10-7-11-17-33)35-22-25-40(26-23-35)27-24-38(34-18-12-8-13-19-34,32-45-28-29-48(3,4)5)31-39(2)47(43,44)36-20-14-9-15-21-36/h7-21,35H,6,22-32H2,1-5H3. The van der Waals surface area contributed by atoms with Gasteiger partial charge in [-0.15, -0.1) is 0 Å². The Bertz CT molecular complexity index is 1500. The highest BCUT2D eigenvalue weighted by molar-refractivity contribution is 7.89. The molecule has 4 rings (SSSR count). The number of likely N-dealkylation sites (tertiary alicyclic amines) is 1. The third-order valence-electron chi connectivity index (χ3n) is 9.42. The molecule has 262 valence electrons. The quantitative estimate of drug-likeness (QED) is 0.111. The fourth-order valence-corrected chi connectivity index (χ4v) is 8.44. The summed E-state index contributed by atoms with van der Waals surface area (Å²) in [4.78, 5) is 17.6. The van der Waals surface area contributed by atoms with E-state index in [2.05, 4.69) is 36.7 Å². The van der Waals surface area contributed by atoms with E-state index in [1.165, 1.54) is 4.31 Å². The lowest BCUT2D eigenvalue weighted by Crippen LogP contribution is -2.50. The number of amides is 1. The van der Waals surface area contributed by atoms with Gasteiger partial charge >= 0.3 is 6.09 Å². The zero-order valence-corrected chi connectivity index (χ0v) is 31.3. The largest absolute Gasteiger partial charge is 0.445 e. The molecule has 1 aliphatic rings. The van der Waals surface area contributed by atoms with E-state index in [9.17, 15) is 13.2 Å². The number of hydrogen-bond donors (Lipinski definition) is 0. The zero-order chi connectivity index (χ0) is 34.6. The molecule has 3 aromatic rings. The summed E-state index contributed by atoms with van der Waals surface area (Å²) in [5.41, 5.74) is 1.51. The van der Waals surface area contributed by atoms with Crippen molar-refractivity contribution in [3.05, 3.63) is 102 Å². The summed E-state index contributed by atoms with van der Waals surface area (Å²) in [5.74, 6) is 0. The molecule has 1 atom stereocenters.